The molecule has 1 amide bonds. The quantitative estimate of drug-likeness (QED) is 0.582. The average molecular weight is 450 g/mol. The number of hydrogen-bond acceptors (Lipinski definition) is 6. The molecule has 1 saturated heterocycles. The highest BCUT2D eigenvalue weighted by atomic mass is 32.2. The minimum atomic E-state index is -3.62. The number of anilines is 2. The first-order valence-electron chi connectivity index (χ1n) is 10.2. The van der Waals surface area contributed by atoms with Gasteiger partial charge in [-0.05, 0) is 35.9 Å². The van der Waals surface area contributed by atoms with Crippen LogP contribution in [0.15, 0.2) is 84.2 Å². The van der Waals surface area contributed by atoms with Crippen molar-refractivity contribution in [3.05, 3.63) is 84.8 Å². The van der Waals surface area contributed by atoms with Gasteiger partial charge in [0.05, 0.1) is 11.1 Å². The van der Waals surface area contributed by atoms with E-state index < -0.39 is 10.0 Å². The van der Waals surface area contributed by atoms with E-state index in [1.807, 2.05) is 35.2 Å². The van der Waals surface area contributed by atoms with Crippen LogP contribution >= 0.6 is 0 Å². The van der Waals surface area contributed by atoms with Gasteiger partial charge in [0.15, 0.2) is 0 Å². The molecular formula is C23H23N5O3S. The number of carbonyl (C=O) groups is 1. The summed E-state index contributed by atoms with van der Waals surface area (Å²) in [5.74, 6) is 0.454. The molecule has 3 aromatic rings. The summed E-state index contributed by atoms with van der Waals surface area (Å²) in [5.41, 5.74) is 1.45. The van der Waals surface area contributed by atoms with Crippen molar-refractivity contribution in [3.63, 3.8) is 0 Å². The van der Waals surface area contributed by atoms with Crippen LogP contribution in [0.3, 0.4) is 0 Å². The van der Waals surface area contributed by atoms with Crippen LogP contribution in [0.1, 0.15) is 5.56 Å². The van der Waals surface area contributed by atoms with E-state index in [1.54, 1.807) is 36.8 Å². The van der Waals surface area contributed by atoms with E-state index >= 15 is 0 Å². The molecule has 0 aliphatic carbocycles. The Hall–Kier alpha value is -3.56. The number of rotatable bonds is 6. The summed E-state index contributed by atoms with van der Waals surface area (Å²) in [6.45, 7) is 1.81. The van der Waals surface area contributed by atoms with Crippen LogP contribution in [0.5, 0.6) is 0 Å². The molecule has 1 N–H and O–H groups in total. The maximum absolute atomic E-state index is 13.0. The van der Waals surface area contributed by atoms with E-state index in [4.69, 9.17) is 0 Å². The average Bonchev–Trinajstić information content (AvgIpc) is 2.84. The fourth-order valence-electron chi connectivity index (χ4n) is 3.39. The number of aromatic nitrogens is 2. The lowest BCUT2D eigenvalue weighted by Gasteiger charge is -2.34. The molecule has 1 aliphatic heterocycles. The van der Waals surface area contributed by atoms with Crippen molar-refractivity contribution >= 4 is 33.5 Å². The van der Waals surface area contributed by atoms with Crippen LogP contribution in [0.2, 0.25) is 0 Å². The second-order valence-corrected chi connectivity index (χ2v) is 9.15. The van der Waals surface area contributed by atoms with Gasteiger partial charge in [0.2, 0.25) is 15.9 Å². The van der Waals surface area contributed by atoms with Crippen molar-refractivity contribution < 1.29 is 13.2 Å². The first kappa shape index (κ1) is 21.7. The van der Waals surface area contributed by atoms with Crippen molar-refractivity contribution in [2.75, 3.05) is 36.4 Å². The molecule has 32 heavy (non-hydrogen) atoms. The first-order chi connectivity index (χ1) is 15.5. The van der Waals surface area contributed by atoms with Crippen LogP contribution in [0.25, 0.3) is 6.08 Å². The highest BCUT2D eigenvalue weighted by Crippen LogP contribution is 2.21. The van der Waals surface area contributed by atoms with Crippen LogP contribution in [0.4, 0.5) is 11.5 Å². The first-order valence-corrected chi connectivity index (χ1v) is 11.6. The molecule has 8 nitrogen and oxygen atoms in total. The number of amides is 1. The van der Waals surface area contributed by atoms with E-state index in [0.717, 1.165) is 11.4 Å². The molecule has 0 atom stereocenters. The number of sulfonamides is 1. The van der Waals surface area contributed by atoms with Gasteiger partial charge in [-0.25, -0.2) is 13.4 Å². The molecule has 0 spiro atoms. The molecule has 1 aliphatic rings. The van der Waals surface area contributed by atoms with Crippen LogP contribution in [0, 0.1) is 0 Å². The highest BCUT2D eigenvalue weighted by Gasteiger charge is 2.28. The molecule has 2 aromatic carbocycles. The monoisotopic (exact) mass is 449 g/mol. The fourth-order valence-corrected chi connectivity index (χ4v) is 4.81. The lowest BCUT2D eigenvalue weighted by atomic mass is 10.2. The van der Waals surface area contributed by atoms with Gasteiger partial charge in [-0.1, -0.05) is 30.3 Å². The fraction of sp³-hybridized carbons (Fsp3) is 0.174. The molecule has 1 fully saturated rings. The van der Waals surface area contributed by atoms with Crippen molar-refractivity contribution in [3.8, 4) is 0 Å². The zero-order valence-corrected chi connectivity index (χ0v) is 18.1. The van der Waals surface area contributed by atoms with Gasteiger partial charge < -0.3 is 10.2 Å². The second-order valence-electron chi connectivity index (χ2n) is 7.21. The van der Waals surface area contributed by atoms with Crippen molar-refractivity contribution in [2.24, 2.45) is 0 Å². The van der Waals surface area contributed by atoms with E-state index in [-0.39, 0.29) is 10.8 Å². The topological polar surface area (TPSA) is 95.5 Å². The summed E-state index contributed by atoms with van der Waals surface area (Å²) in [6, 6.07) is 15.7. The van der Waals surface area contributed by atoms with Crippen LogP contribution in [-0.2, 0) is 14.8 Å². The molecular weight excluding hydrogens is 426 g/mol. The molecule has 9 heteroatoms. The normalized spacial score (nSPS) is 15.1. The molecule has 164 valence electrons. The van der Waals surface area contributed by atoms with Crippen molar-refractivity contribution in [1.29, 1.82) is 0 Å². The van der Waals surface area contributed by atoms with E-state index in [9.17, 15) is 13.2 Å². The summed E-state index contributed by atoms with van der Waals surface area (Å²) in [7, 11) is -3.62. The molecule has 2 heterocycles. The third-order valence-corrected chi connectivity index (χ3v) is 7.01. The summed E-state index contributed by atoms with van der Waals surface area (Å²) in [6.07, 6.45) is 8.06. The Bertz CT molecular complexity index is 1180. The van der Waals surface area contributed by atoms with Crippen LogP contribution in [-0.4, -0.2) is 54.8 Å². The maximum Gasteiger partial charge on any atom is 0.248 e. The number of hydrogen-bond donors (Lipinski definition) is 1. The van der Waals surface area contributed by atoms with E-state index in [0.29, 0.717) is 31.9 Å². The third-order valence-electron chi connectivity index (χ3n) is 5.10. The number of carbonyl (C=O) groups excluding carboxylic acids is 1. The molecule has 0 bridgehead atoms. The van der Waals surface area contributed by atoms with Gasteiger partial charge in [-0.15, -0.1) is 0 Å². The Labute approximate surface area is 187 Å². The summed E-state index contributed by atoms with van der Waals surface area (Å²) in [5, 5.41) is 2.74. The Morgan fingerprint density at radius 2 is 1.66 bits per heavy atom. The van der Waals surface area contributed by atoms with Gasteiger partial charge in [-0.2, -0.15) is 4.31 Å². The van der Waals surface area contributed by atoms with Crippen molar-refractivity contribution in [1.82, 2.24) is 14.3 Å². The SMILES string of the molecule is O=C(/C=C\c1ccccc1)Nc1ccc(S(=O)(=O)N2CCN(c3cnccn3)CC2)cc1. The summed E-state index contributed by atoms with van der Waals surface area (Å²) < 4.78 is 27.5. The van der Waals surface area contributed by atoms with Gasteiger partial charge in [0.1, 0.15) is 5.82 Å². The smallest absolute Gasteiger partial charge is 0.248 e. The second kappa shape index (κ2) is 9.71. The van der Waals surface area contributed by atoms with Gasteiger partial charge >= 0.3 is 0 Å². The molecule has 0 unspecified atom stereocenters. The lowest BCUT2D eigenvalue weighted by molar-refractivity contribution is -0.111. The highest BCUT2D eigenvalue weighted by molar-refractivity contribution is 7.89. The third kappa shape index (κ3) is 5.19. The molecule has 4 rings (SSSR count). The zero-order valence-electron chi connectivity index (χ0n) is 17.3. The Balaban J connectivity index is 1.36. The van der Waals surface area contributed by atoms with Crippen LogP contribution < -0.4 is 10.2 Å². The summed E-state index contributed by atoms with van der Waals surface area (Å²) >= 11 is 0. The molecule has 0 saturated carbocycles. The largest absolute Gasteiger partial charge is 0.353 e. The predicted molar refractivity (Wildman–Crippen MR) is 124 cm³/mol. The van der Waals surface area contributed by atoms with Gasteiger partial charge in [-0.3, -0.25) is 9.78 Å². The Kier molecular flexibility index (Phi) is 6.58. The van der Waals surface area contributed by atoms with Crippen molar-refractivity contribution in [2.45, 2.75) is 4.90 Å². The Morgan fingerprint density at radius 3 is 2.31 bits per heavy atom. The van der Waals surface area contributed by atoms with Gasteiger partial charge in [0.25, 0.3) is 0 Å². The number of benzene rings is 2. The minimum absolute atomic E-state index is 0.197. The standard InChI is InChI=1S/C23H23N5O3S/c29-23(11-6-19-4-2-1-3-5-19)26-20-7-9-21(10-8-20)32(30,31)28-16-14-27(15-17-28)22-18-24-12-13-25-22/h1-13,18H,14-17H2,(H,26,29)/b11-6-. The number of nitrogens with one attached hydrogen (secondary N) is 1. The zero-order chi connectivity index (χ0) is 22.4. The number of nitrogens with zero attached hydrogens (tertiary/aromatic N) is 4. The lowest BCUT2D eigenvalue weighted by Crippen LogP contribution is -2.48. The summed E-state index contributed by atoms with van der Waals surface area (Å²) in [4.78, 5) is 22.7. The number of piperazine rings is 1. The van der Waals surface area contributed by atoms with E-state index in [2.05, 4.69) is 15.3 Å². The maximum atomic E-state index is 13.0. The molecule has 1 aromatic heterocycles. The predicted octanol–water partition coefficient (Wildman–Crippen LogP) is 2.64. The van der Waals surface area contributed by atoms with E-state index in [1.165, 1.54) is 22.5 Å². The minimum Gasteiger partial charge on any atom is -0.353 e. The Morgan fingerprint density at radius 1 is 0.938 bits per heavy atom. The molecule has 0 radical (unpaired) electrons. The van der Waals surface area contributed by atoms with Gasteiger partial charge in [0, 0.05) is 50.3 Å².